The van der Waals surface area contributed by atoms with Crippen LogP contribution in [0.25, 0.3) is 0 Å². The van der Waals surface area contributed by atoms with E-state index < -0.39 is 0 Å². The first-order valence-electron chi connectivity index (χ1n) is 5.59. The van der Waals surface area contributed by atoms with E-state index in [2.05, 4.69) is 25.4 Å². The average Bonchev–Trinajstić information content (AvgIpc) is 2.68. The van der Waals surface area contributed by atoms with Gasteiger partial charge in [-0.3, -0.25) is 5.43 Å². The zero-order valence-corrected chi connectivity index (χ0v) is 11.6. The second-order valence-electron chi connectivity index (χ2n) is 3.52. The van der Waals surface area contributed by atoms with E-state index in [0.29, 0.717) is 17.0 Å². The van der Waals surface area contributed by atoms with Crippen molar-refractivity contribution in [3.63, 3.8) is 0 Å². The zero-order chi connectivity index (χ0) is 13.8. The number of anilines is 1. The number of nitrogens with zero attached hydrogens (tertiary/aromatic N) is 4. The van der Waals surface area contributed by atoms with Gasteiger partial charge in [-0.05, 0) is 20.8 Å². The number of nitrogen functional groups attached to an aromatic ring is 1. The molecule has 2 rings (SSSR count). The van der Waals surface area contributed by atoms with Crippen molar-refractivity contribution < 1.29 is 9.15 Å². The number of ether oxygens (including phenoxy) is 1. The van der Waals surface area contributed by atoms with Crippen LogP contribution in [0.5, 0.6) is 6.01 Å². The Morgan fingerprint density at radius 1 is 1.26 bits per heavy atom. The van der Waals surface area contributed by atoms with Gasteiger partial charge in [0.05, 0.1) is 12.3 Å². The molecule has 8 nitrogen and oxygen atoms in total. The maximum Gasteiger partial charge on any atom is 0.322 e. The van der Waals surface area contributed by atoms with Gasteiger partial charge in [0.25, 0.3) is 5.22 Å². The lowest BCUT2D eigenvalue weighted by molar-refractivity contribution is 0.308. The highest BCUT2D eigenvalue weighted by molar-refractivity contribution is 7.98. The Morgan fingerprint density at radius 2 is 2.05 bits per heavy atom. The summed E-state index contributed by atoms with van der Waals surface area (Å²) in [6.45, 7) is 6.01. The molecule has 0 bridgehead atoms. The molecule has 0 amide bonds. The van der Waals surface area contributed by atoms with Gasteiger partial charge in [-0.25, -0.2) is 10.8 Å². The topological polar surface area (TPSA) is 112 Å². The highest BCUT2D eigenvalue weighted by Crippen LogP contribution is 2.27. The van der Waals surface area contributed by atoms with Gasteiger partial charge in [0.15, 0.2) is 0 Å². The molecule has 102 valence electrons. The summed E-state index contributed by atoms with van der Waals surface area (Å²) in [6.07, 6.45) is 0. The van der Waals surface area contributed by atoms with E-state index in [0.717, 1.165) is 11.5 Å². The van der Waals surface area contributed by atoms with E-state index in [9.17, 15) is 0 Å². The van der Waals surface area contributed by atoms with Crippen LogP contribution in [0.2, 0.25) is 0 Å². The summed E-state index contributed by atoms with van der Waals surface area (Å²) in [4.78, 5) is 16.4. The van der Waals surface area contributed by atoms with Crippen LogP contribution in [-0.2, 0) is 0 Å². The van der Waals surface area contributed by atoms with Crippen molar-refractivity contribution in [3.8, 4) is 6.01 Å². The Labute approximate surface area is 114 Å². The fourth-order valence-corrected chi connectivity index (χ4v) is 1.97. The molecule has 0 radical (unpaired) electrons. The molecule has 0 fully saturated rings. The predicted octanol–water partition coefficient (Wildman–Crippen LogP) is 1.31. The van der Waals surface area contributed by atoms with E-state index in [4.69, 9.17) is 15.0 Å². The first-order chi connectivity index (χ1) is 9.12. The number of aryl methyl sites for hydroxylation is 2. The van der Waals surface area contributed by atoms with E-state index in [1.807, 2.05) is 20.8 Å². The monoisotopic (exact) mass is 282 g/mol. The Bertz CT molecular complexity index is 554. The summed E-state index contributed by atoms with van der Waals surface area (Å²) in [6, 6.07) is 0.202. The Morgan fingerprint density at radius 3 is 2.63 bits per heavy atom. The lowest BCUT2D eigenvalue weighted by Crippen LogP contribution is -2.12. The van der Waals surface area contributed by atoms with Gasteiger partial charge in [0.2, 0.25) is 11.1 Å². The van der Waals surface area contributed by atoms with Crippen molar-refractivity contribution in [2.24, 2.45) is 5.84 Å². The molecule has 0 aliphatic carbocycles. The summed E-state index contributed by atoms with van der Waals surface area (Å²) in [5.74, 6) is 6.28. The molecule has 19 heavy (non-hydrogen) atoms. The molecule has 2 aromatic rings. The largest absolute Gasteiger partial charge is 0.464 e. The molecule has 0 atom stereocenters. The molecule has 3 N–H and O–H groups in total. The van der Waals surface area contributed by atoms with Crippen LogP contribution >= 0.6 is 11.8 Å². The third-order valence-corrected chi connectivity index (χ3v) is 2.90. The summed E-state index contributed by atoms with van der Waals surface area (Å²) < 4.78 is 10.7. The molecular weight excluding hydrogens is 268 g/mol. The molecule has 2 heterocycles. The fraction of sp³-hybridized carbons (Fsp3) is 0.400. The molecule has 0 unspecified atom stereocenters. The third-order valence-electron chi connectivity index (χ3n) is 2.18. The Hall–Kier alpha value is -1.87. The van der Waals surface area contributed by atoms with Crippen molar-refractivity contribution in [1.82, 2.24) is 19.9 Å². The number of hydrazine groups is 1. The van der Waals surface area contributed by atoms with E-state index in [-0.39, 0.29) is 12.0 Å². The smallest absolute Gasteiger partial charge is 0.322 e. The number of hydrogen-bond acceptors (Lipinski definition) is 9. The normalized spacial score (nSPS) is 10.5. The van der Waals surface area contributed by atoms with Crippen LogP contribution in [0.4, 0.5) is 5.95 Å². The van der Waals surface area contributed by atoms with Gasteiger partial charge in [-0.2, -0.15) is 15.0 Å². The molecular formula is C10H14N6O2S. The first-order valence-corrected chi connectivity index (χ1v) is 6.41. The Kier molecular flexibility index (Phi) is 4.17. The van der Waals surface area contributed by atoms with E-state index in [1.54, 1.807) is 0 Å². The number of rotatable bonds is 5. The first kappa shape index (κ1) is 13.6. The standard InChI is InChI=1S/C10H14N6O2S/c1-4-17-8-13-7(16-11)14-9(15-8)19-10-12-5(2)6(3)18-10/h4,11H2,1-3H3,(H,13,14,15,16). The second kappa shape index (κ2) is 5.85. The number of oxazole rings is 1. The minimum atomic E-state index is 0.202. The lowest BCUT2D eigenvalue weighted by Gasteiger charge is -2.04. The van der Waals surface area contributed by atoms with Crippen LogP contribution in [0.3, 0.4) is 0 Å². The number of nitrogens with two attached hydrogens (primary N) is 1. The third kappa shape index (κ3) is 3.32. The van der Waals surface area contributed by atoms with Gasteiger partial charge in [-0.1, -0.05) is 0 Å². The second-order valence-corrected chi connectivity index (χ2v) is 4.44. The lowest BCUT2D eigenvalue weighted by atomic mass is 10.4. The number of nitrogens with one attached hydrogen (secondary N) is 1. The van der Waals surface area contributed by atoms with Crippen LogP contribution in [0.1, 0.15) is 18.4 Å². The quantitative estimate of drug-likeness (QED) is 0.619. The van der Waals surface area contributed by atoms with Crippen molar-refractivity contribution in [2.45, 2.75) is 31.2 Å². The average molecular weight is 282 g/mol. The fourth-order valence-electron chi connectivity index (χ4n) is 1.21. The molecule has 0 aromatic carbocycles. The van der Waals surface area contributed by atoms with Gasteiger partial charge in [0, 0.05) is 11.8 Å². The molecule has 2 aromatic heterocycles. The number of aromatic nitrogens is 4. The van der Waals surface area contributed by atoms with E-state index in [1.165, 1.54) is 11.8 Å². The van der Waals surface area contributed by atoms with E-state index >= 15 is 0 Å². The van der Waals surface area contributed by atoms with Crippen molar-refractivity contribution in [2.75, 3.05) is 12.0 Å². The van der Waals surface area contributed by atoms with Gasteiger partial charge < -0.3 is 9.15 Å². The summed E-state index contributed by atoms with van der Waals surface area (Å²) in [7, 11) is 0. The minimum Gasteiger partial charge on any atom is -0.464 e. The van der Waals surface area contributed by atoms with Gasteiger partial charge in [0.1, 0.15) is 5.76 Å². The van der Waals surface area contributed by atoms with Crippen LogP contribution < -0.4 is 16.0 Å². The zero-order valence-electron chi connectivity index (χ0n) is 10.8. The molecule has 0 aliphatic rings. The van der Waals surface area contributed by atoms with Crippen molar-refractivity contribution >= 4 is 17.7 Å². The summed E-state index contributed by atoms with van der Waals surface area (Å²) >= 11 is 1.18. The minimum absolute atomic E-state index is 0.202. The van der Waals surface area contributed by atoms with Crippen molar-refractivity contribution in [1.29, 1.82) is 0 Å². The summed E-state index contributed by atoms with van der Waals surface area (Å²) in [5.41, 5.74) is 3.19. The molecule has 0 aliphatic heterocycles. The highest BCUT2D eigenvalue weighted by atomic mass is 32.2. The highest BCUT2D eigenvalue weighted by Gasteiger charge is 2.12. The molecule has 0 saturated heterocycles. The number of hydrogen-bond donors (Lipinski definition) is 2. The predicted molar refractivity (Wildman–Crippen MR) is 68.9 cm³/mol. The Balaban J connectivity index is 2.25. The van der Waals surface area contributed by atoms with Crippen LogP contribution in [0.15, 0.2) is 14.8 Å². The molecule has 0 saturated carbocycles. The maximum absolute atomic E-state index is 5.45. The SMILES string of the molecule is CCOc1nc(NN)nc(Sc2nc(C)c(C)o2)n1. The van der Waals surface area contributed by atoms with Gasteiger partial charge >= 0.3 is 6.01 Å². The van der Waals surface area contributed by atoms with Crippen molar-refractivity contribution in [3.05, 3.63) is 11.5 Å². The van der Waals surface area contributed by atoms with Gasteiger partial charge in [-0.15, -0.1) is 0 Å². The van der Waals surface area contributed by atoms with Crippen LogP contribution in [0, 0.1) is 13.8 Å². The van der Waals surface area contributed by atoms with Crippen LogP contribution in [-0.4, -0.2) is 26.5 Å². The maximum atomic E-state index is 5.45. The summed E-state index contributed by atoms with van der Waals surface area (Å²) in [5, 5.41) is 0.860. The molecule has 0 spiro atoms. The molecule has 9 heteroatoms.